The molecule has 1 aromatic heterocycles. The normalized spacial score (nSPS) is 10.7. The average Bonchev–Trinajstić information content (AvgIpc) is 2.94. The Morgan fingerprint density at radius 3 is 2.52 bits per heavy atom. The summed E-state index contributed by atoms with van der Waals surface area (Å²) in [6, 6.07) is 11.3. The molecule has 3 N–H and O–H groups in total. The third kappa shape index (κ3) is 3.02. The van der Waals surface area contributed by atoms with Gasteiger partial charge in [0.05, 0.1) is 21.1 Å². The summed E-state index contributed by atoms with van der Waals surface area (Å²) in [5.74, 6) is -1.57. The fourth-order valence-corrected chi connectivity index (χ4v) is 2.63. The molecule has 2 aromatic carbocycles. The van der Waals surface area contributed by atoms with Crippen molar-refractivity contribution >= 4 is 51.7 Å². The number of nitrogens with one attached hydrogen (secondary N) is 2. The Morgan fingerprint density at radius 2 is 1.83 bits per heavy atom. The van der Waals surface area contributed by atoms with Crippen molar-refractivity contribution in [2.45, 2.75) is 0 Å². The molecule has 3 rings (SSSR count). The number of benzene rings is 2. The van der Waals surface area contributed by atoms with E-state index in [-0.39, 0.29) is 10.6 Å². The van der Waals surface area contributed by atoms with Crippen LogP contribution >= 0.6 is 23.2 Å². The highest BCUT2D eigenvalue weighted by molar-refractivity contribution is 6.35. The number of anilines is 1. The number of carbonyl (C=O) groups excluding carboxylic acids is 1. The highest BCUT2D eigenvalue weighted by Crippen LogP contribution is 2.25. The lowest BCUT2D eigenvalue weighted by molar-refractivity contribution is 0.0696. The topological polar surface area (TPSA) is 82.2 Å². The molecule has 0 bridgehead atoms. The molecular weight excluding hydrogens is 339 g/mol. The first-order valence-corrected chi connectivity index (χ1v) is 7.33. The van der Waals surface area contributed by atoms with Crippen LogP contribution in [0.1, 0.15) is 20.8 Å². The Balaban J connectivity index is 1.90. The van der Waals surface area contributed by atoms with Gasteiger partial charge in [-0.1, -0.05) is 35.3 Å². The van der Waals surface area contributed by atoms with E-state index in [2.05, 4.69) is 10.3 Å². The molecule has 0 atom stereocenters. The summed E-state index contributed by atoms with van der Waals surface area (Å²) in [6.45, 7) is 0. The molecule has 0 aliphatic heterocycles. The number of aromatic nitrogens is 1. The van der Waals surface area contributed by atoms with E-state index >= 15 is 0 Å². The molecule has 3 aromatic rings. The lowest BCUT2D eigenvalue weighted by Gasteiger charge is -2.06. The molecule has 1 heterocycles. The Bertz CT molecular complexity index is 934. The lowest BCUT2D eigenvalue weighted by atomic mass is 10.2. The summed E-state index contributed by atoms with van der Waals surface area (Å²) in [6.07, 6.45) is 0. The predicted octanol–water partition coefficient (Wildman–Crippen LogP) is 4.43. The zero-order valence-electron chi connectivity index (χ0n) is 11.6. The van der Waals surface area contributed by atoms with Crippen molar-refractivity contribution in [2.75, 3.05) is 5.32 Å². The molecule has 0 unspecified atom stereocenters. The summed E-state index contributed by atoms with van der Waals surface area (Å²) < 4.78 is 0. The molecule has 0 saturated carbocycles. The Hall–Kier alpha value is -2.50. The zero-order chi connectivity index (χ0) is 16.6. The number of aromatic amines is 1. The molecule has 0 aliphatic carbocycles. The fraction of sp³-hybridized carbons (Fsp3) is 0. The number of rotatable bonds is 3. The van der Waals surface area contributed by atoms with E-state index in [0.29, 0.717) is 21.9 Å². The van der Waals surface area contributed by atoms with Gasteiger partial charge in [0.1, 0.15) is 5.69 Å². The van der Waals surface area contributed by atoms with Gasteiger partial charge < -0.3 is 15.4 Å². The standard InChI is InChI=1S/C16H10Cl2N2O3/c17-11-5-4-9(7-10(11)16(22)23)19-15(21)13-6-8-2-1-3-12(18)14(8)20-13/h1-7,20H,(H,19,21)(H,22,23). The molecule has 5 nitrogen and oxygen atoms in total. The molecular formula is C16H10Cl2N2O3. The number of carboxylic acids is 1. The van der Waals surface area contributed by atoms with Crippen LogP contribution in [-0.4, -0.2) is 22.0 Å². The zero-order valence-corrected chi connectivity index (χ0v) is 13.1. The number of carbonyl (C=O) groups is 2. The van der Waals surface area contributed by atoms with E-state index in [0.717, 1.165) is 5.39 Å². The largest absolute Gasteiger partial charge is 0.478 e. The second-order valence-electron chi connectivity index (χ2n) is 4.84. The van der Waals surface area contributed by atoms with Gasteiger partial charge in [-0.25, -0.2) is 4.79 Å². The van der Waals surface area contributed by atoms with Crippen molar-refractivity contribution in [3.63, 3.8) is 0 Å². The maximum absolute atomic E-state index is 12.3. The van der Waals surface area contributed by atoms with Crippen molar-refractivity contribution in [3.05, 3.63) is 63.8 Å². The van der Waals surface area contributed by atoms with Crippen LogP contribution in [0.15, 0.2) is 42.5 Å². The minimum atomic E-state index is -1.16. The first-order chi connectivity index (χ1) is 11.0. The molecule has 0 spiro atoms. The molecule has 7 heteroatoms. The summed E-state index contributed by atoms with van der Waals surface area (Å²) >= 11 is 11.9. The average molecular weight is 349 g/mol. The number of fused-ring (bicyclic) bond motifs is 1. The minimum Gasteiger partial charge on any atom is -0.478 e. The summed E-state index contributed by atoms with van der Waals surface area (Å²) in [5.41, 5.74) is 1.24. The molecule has 116 valence electrons. The van der Waals surface area contributed by atoms with Gasteiger partial charge in [0.15, 0.2) is 0 Å². The second-order valence-corrected chi connectivity index (χ2v) is 5.66. The van der Waals surface area contributed by atoms with Gasteiger partial charge in [0.2, 0.25) is 0 Å². The Kier molecular flexibility index (Phi) is 3.98. The van der Waals surface area contributed by atoms with Gasteiger partial charge in [-0.2, -0.15) is 0 Å². The maximum atomic E-state index is 12.3. The Morgan fingerprint density at radius 1 is 1.04 bits per heavy atom. The number of carboxylic acid groups (broad SMARTS) is 1. The van der Waals surface area contributed by atoms with Crippen LogP contribution in [-0.2, 0) is 0 Å². The number of H-pyrrole nitrogens is 1. The van der Waals surface area contributed by atoms with Gasteiger partial charge in [0, 0.05) is 11.1 Å². The van der Waals surface area contributed by atoms with Gasteiger partial charge >= 0.3 is 5.97 Å². The quantitative estimate of drug-likeness (QED) is 0.654. The monoisotopic (exact) mass is 348 g/mol. The first-order valence-electron chi connectivity index (χ1n) is 6.57. The van der Waals surface area contributed by atoms with Crippen LogP contribution in [0.4, 0.5) is 5.69 Å². The Labute approximate surface area is 140 Å². The highest BCUT2D eigenvalue weighted by Gasteiger charge is 2.14. The molecule has 0 radical (unpaired) electrons. The van der Waals surface area contributed by atoms with Crippen molar-refractivity contribution in [1.29, 1.82) is 0 Å². The van der Waals surface area contributed by atoms with Crippen molar-refractivity contribution in [3.8, 4) is 0 Å². The molecule has 0 saturated heterocycles. The predicted molar refractivity (Wildman–Crippen MR) is 89.7 cm³/mol. The third-order valence-electron chi connectivity index (χ3n) is 3.30. The van der Waals surface area contributed by atoms with E-state index in [1.54, 1.807) is 18.2 Å². The maximum Gasteiger partial charge on any atom is 0.337 e. The second kappa shape index (κ2) is 5.95. The molecule has 23 heavy (non-hydrogen) atoms. The smallest absolute Gasteiger partial charge is 0.337 e. The van der Waals surface area contributed by atoms with Gasteiger partial charge in [-0.05, 0) is 30.3 Å². The third-order valence-corrected chi connectivity index (χ3v) is 3.95. The number of hydrogen-bond acceptors (Lipinski definition) is 2. The van der Waals surface area contributed by atoms with Gasteiger partial charge in [-0.15, -0.1) is 0 Å². The summed E-state index contributed by atoms with van der Waals surface area (Å²) in [4.78, 5) is 26.3. The van der Waals surface area contributed by atoms with Gasteiger partial charge in [-0.3, -0.25) is 4.79 Å². The van der Waals surface area contributed by atoms with Crippen LogP contribution in [0.25, 0.3) is 10.9 Å². The molecule has 1 amide bonds. The van der Waals surface area contributed by atoms with E-state index in [1.807, 2.05) is 6.07 Å². The van der Waals surface area contributed by atoms with Crippen molar-refractivity contribution < 1.29 is 14.7 Å². The number of halogens is 2. The van der Waals surface area contributed by atoms with E-state index in [4.69, 9.17) is 28.3 Å². The van der Waals surface area contributed by atoms with Crippen LogP contribution in [0.2, 0.25) is 10.0 Å². The van der Waals surface area contributed by atoms with Crippen molar-refractivity contribution in [2.24, 2.45) is 0 Å². The van der Waals surface area contributed by atoms with Crippen LogP contribution in [0, 0.1) is 0 Å². The first kappa shape index (κ1) is 15.4. The van der Waals surface area contributed by atoms with Crippen LogP contribution in [0.3, 0.4) is 0 Å². The van der Waals surface area contributed by atoms with Crippen LogP contribution in [0.5, 0.6) is 0 Å². The van der Waals surface area contributed by atoms with E-state index in [9.17, 15) is 9.59 Å². The molecule has 0 fully saturated rings. The van der Waals surface area contributed by atoms with E-state index in [1.165, 1.54) is 18.2 Å². The lowest BCUT2D eigenvalue weighted by Crippen LogP contribution is -2.12. The van der Waals surface area contributed by atoms with E-state index < -0.39 is 11.9 Å². The highest BCUT2D eigenvalue weighted by atomic mass is 35.5. The minimum absolute atomic E-state index is 0.0795. The summed E-state index contributed by atoms with van der Waals surface area (Å²) in [5, 5.41) is 13.1. The number of hydrogen-bond donors (Lipinski definition) is 3. The van der Waals surface area contributed by atoms with Gasteiger partial charge in [0.25, 0.3) is 5.91 Å². The SMILES string of the molecule is O=C(Nc1ccc(Cl)c(C(=O)O)c1)c1cc2cccc(Cl)c2[nH]1. The number of aromatic carboxylic acids is 1. The fourth-order valence-electron chi connectivity index (χ4n) is 2.21. The number of para-hydroxylation sites is 1. The van der Waals surface area contributed by atoms with Crippen molar-refractivity contribution in [1.82, 2.24) is 4.98 Å². The van der Waals surface area contributed by atoms with Crippen LogP contribution < -0.4 is 5.32 Å². The summed E-state index contributed by atoms with van der Waals surface area (Å²) in [7, 11) is 0. The molecule has 0 aliphatic rings. The number of amides is 1.